The number of esters is 1. The van der Waals surface area contributed by atoms with Crippen molar-refractivity contribution < 1.29 is 19.1 Å². The van der Waals surface area contributed by atoms with Crippen LogP contribution >= 0.6 is 0 Å². The standard InChI is InChI=1S/C18H30N2O4/c1-2-3-6-11-24-17(22)13-15-18(23)19-9-10-20(15)16(21)12-14-7-4-5-8-14/h14-15H,2-13H2,1H3,(H,19,23). The Balaban J connectivity index is 1.86. The van der Waals surface area contributed by atoms with Gasteiger partial charge in [-0.15, -0.1) is 0 Å². The molecule has 6 nitrogen and oxygen atoms in total. The Labute approximate surface area is 144 Å². The largest absolute Gasteiger partial charge is 0.466 e. The molecule has 2 fully saturated rings. The predicted octanol–water partition coefficient (Wildman–Crippen LogP) is 2.02. The molecule has 2 aliphatic rings. The molecule has 1 aliphatic heterocycles. The molecule has 1 N–H and O–H groups in total. The van der Waals surface area contributed by atoms with E-state index >= 15 is 0 Å². The van der Waals surface area contributed by atoms with Crippen LogP contribution in [-0.2, 0) is 19.1 Å². The van der Waals surface area contributed by atoms with E-state index in [0.29, 0.717) is 32.0 Å². The number of nitrogens with zero attached hydrogens (tertiary/aromatic N) is 1. The van der Waals surface area contributed by atoms with Crippen molar-refractivity contribution in [3.05, 3.63) is 0 Å². The molecule has 0 radical (unpaired) electrons. The quantitative estimate of drug-likeness (QED) is 0.543. The van der Waals surface area contributed by atoms with Crippen molar-refractivity contribution in [3.63, 3.8) is 0 Å². The molecule has 1 heterocycles. The zero-order valence-electron chi connectivity index (χ0n) is 14.7. The molecule has 1 unspecified atom stereocenters. The van der Waals surface area contributed by atoms with Crippen LogP contribution in [0.2, 0.25) is 0 Å². The lowest BCUT2D eigenvalue weighted by Gasteiger charge is -2.35. The fraction of sp³-hybridized carbons (Fsp3) is 0.833. The van der Waals surface area contributed by atoms with Gasteiger partial charge in [0.1, 0.15) is 6.04 Å². The summed E-state index contributed by atoms with van der Waals surface area (Å²) in [5.41, 5.74) is 0. The van der Waals surface area contributed by atoms with E-state index in [1.165, 1.54) is 12.8 Å². The van der Waals surface area contributed by atoms with E-state index in [1.807, 2.05) is 0 Å². The van der Waals surface area contributed by atoms with Gasteiger partial charge in [0.15, 0.2) is 0 Å². The molecule has 2 rings (SSSR count). The Bertz CT molecular complexity index is 446. The summed E-state index contributed by atoms with van der Waals surface area (Å²) in [6.07, 6.45) is 7.92. The van der Waals surface area contributed by atoms with E-state index in [0.717, 1.165) is 32.1 Å². The van der Waals surface area contributed by atoms with Gasteiger partial charge < -0.3 is 15.0 Å². The number of amides is 2. The Morgan fingerprint density at radius 1 is 1.21 bits per heavy atom. The molecule has 0 aromatic heterocycles. The summed E-state index contributed by atoms with van der Waals surface area (Å²) in [4.78, 5) is 38.3. The number of carbonyl (C=O) groups is 3. The first-order chi connectivity index (χ1) is 11.6. The molecule has 0 bridgehead atoms. The summed E-state index contributed by atoms with van der Waals surface area (Å²) in [5, 5.41) is 2.75. The smallest absolute Gasteiger partial charge is 0.308 e. The zero-order valence-corrected chi connectivity index (χ0v) is 14.7. The molecule has 1 saturated heterocycles. The first-order valence-electron chi connectivity index (χ1n) is 9.34. The average Bonchev–Trinajstić information content (AvgIpc) is 3.06. The van der Waals surface area contributed by atoms with Gasteiger partial charge in [-0.05, 0) is 25.2 Å². The third kappa shape index (κ3) is 5.49. The molecule has 2 amide bonds. The van der Waals surface area contributed by atoms with Crippen molar-refractivity contribution in [1.82, 2.24) is 10.2 Å². The highest BCUT2D eigenvalue weighted by molar-refractivity contribution is 5.92. The van der Waals surface area contributed by atoms with Crippen LogP contribution in [0.3, 0.4) is 0 Å². The van der Waals surface area contributed by atoms with Gasteiger partial charge in [-0.25, -0.2) is 0 Å². The van der Waals surface area contributed by atoms with Crippen LogP contribution in [-0.4, -0.2) is 48.4 Å². The molecule has 0 aromatic carbocycles. The summed E-state index contributed by atoms with van der Waals surface area (Å²) < 4.78 is 5.20. The fourth-order valence-corrected chi connectivity index (χ4v) is 3.55. The number of hydrogen-bond donors (Lipinski definition) is 1. The van der Waals surface area contributed by atoms with Crippen molar-refractivity contribution >= 4 is 17.8 Å². The zero-order chi connectivity index (χ0) is 17.4. The highest BCUT2D eigenvalue weighted by Gasteiger charge is 2.35. The second kappa shape index (κ2) is 9.64. The predicted molar refractivity (Wildman–Crippen MR) is 90.2 cm³/mol. The summed E-state index contributed by atoms with van der Waals surface area (Å²) in [7, 11) is 0. The number of unbranched alkanes of at least 4 members (excludes halogenated alkanes) is 2. The maximum atomic E-state index is 12.6. The van der Waals surface area contributed by atoms with Crippen LogP contribution in [0.4, 0.5) is 0 Å². The minimum absolute atomic E-state index is 0.000494. The van der Waals surface area contributed by atoms with Gasteiger partial charge in [0.05, 0.1) is 13.0 Å². The summed E-state index contributed by atoms with van der Waals surface area (Å²) in [6.45, 7) is 3.40. The molecule has 6 heteroatoms. The van der Waals surface area contributed by atoms with Gasteiger partial charge >= 0.3 is 5.97 Å². The van der Waals surface area contributed by atoms with Gasteiger partial charge in [0.2, 0.25) is 11.8 Å². The molecule has 0 aromatic rings. The first-order valence-corrected chi connectivity index (χ1v) is 9.34. The number of piperazine rings is 1. The van der Waals surface area contributed by atoms with Gasteiger partial charge in [0.25, 0.3) is 0 Å². The molecule has 136 valence electrons. The minimum Gasteiger partial charge on any atom is -0.466 e. The molecule has 24 heavy (non-hydrogen) atoms. The van der Waals surface area contributed by atoms with Crippen LogP contribution in [0.15, 0.2) is 0 Å². The monoisotopic (exact) mass is 338 g/mol. The number of carbonyl (C=O) groups excluding carboxylic acids is 3. The molecule has 1 aliphatic carbocycles. The second-order valence-electron chi connectivity index (χ2n) is 6.88. The van der Waals surface area contributed by atoms with E-state index in [4.69, 9.17) is 4.74 Å². The van der Waals surface area contributed by atoms with Crippen molar-refractivity contribution in [2.45, 2.75) is 70.8 Å². The van der Waals surface area contributed by atoms with Gasteiger partial charge in [-0.2, -0.15) is 0 Å². The van der Waals surface area contributed by atoms with Crippen LogP contribution in [0.5, 0.6) is 0 Å². The number of hydrogen-bond acceptors (Lipinski definition) is 4. The Morgan fingerprint density at radius 3 is 2.67 bits per heavy atom. The van der Waals surface area contributed by atoms with E-state index in [-0.39, 0.29) is 18.2 Å². The number of rotatable bonds is 8. The van der Waals surface area contributed by atoms with Crippen molar-refractivity contribution in [1.29, 1.82) is 0 Å². The number of nitrogens with one attached hydrogen (secondary N) is 1. The molecule has 0 spiro atoms. The maximum Gasteiger partial charge on any atom is 0.308 e. The third-order valence-corrected chi connectivity index (χ3v) is 4.96. The van der Waals surface area contributed by atoms with E-state index in [1.54, 1.807) is 4.90 Å². The van der Waals surface area contributed by atoms with E-state index in [2.05, 4.69) is 12.2 Å². The van der Waals surface area contributed by atoms with Crippen LogP contribution < -0.4 is 5.32 Å². The van der Waals surface area contributed by atoms with Crippen LogP contribution in [0, 0.1) is 5.92 Å². The van der Waals surface area contributed by atoms with E-state index < -0.39 is 12.0 Å². The van der Waals surface area contributed by atoms with Gasteiger partial charge in [-0.1, -0.05) is 32.6 Å². The van der Waals surface area contributed by atoms with Gasteiger partial charge in [-0.3, -0.25) is 14.4 Å². The highest BCUT2D eigenvalue weighted by atomic mass is 16.5. The first kappa shape index (κ1) is 18.7. The van der Waals surface area contributed by atoms with Crippen molar-refractivity contribution in [2.75, 3.05) is 19.7 Å². The van der Waals surface area contributed by atoms with Gasteiger partial charge in [0, 0.05) is 19.5 Å². The summed E-state index contributed by atoms with van der Waals surface area (Å²) >= 11 is 0. The minimum atomic E-state index is -0.716. The maximum absolute atomic E-state index is 12.6. The lowest BCUT2D eigenvalue weighted by atomic mass is 10.0. The third-order valence-electron chi connectivity index (χ3n) is 4.96. The van der Waals surface area contributed by atoms with Crippen LogP contribution in [0.1, 0.15) is 64.7 Å². The normalized spacial score (nSPS) is 21.6. The lowest BCUT2D eigenvalue weighted by molar-refractivity contribution is -0.152. The average molecular weight is 338 g/mol. The SMILES string of the molecule is CCCCCOC(=O)CC1C(=O)NCCN1C(=O)CC1CCCC1. The van der Waals surface area contributed by atoms with E-state index in [9.17, 15) is 14.4 Å². The summed E-state index contributed by atoms with van der Waals surface area (Å²) in [6, 6.07) is -0.716. The lowest BCUT2D eigenvalue weighted by Crippen LogP contribution is -2.58. The fourth-order valence-electron chi connectivity index (χ4n) is 3.55. The summed E-state index contributed by atoms with van der Waals surface area (Å²) in [5.74, 6) is -0.206. The number of ether oxygens (including phenoxy) is 1. The van der Waals surface area contributed by atoms with Crippen molar-refractivity contribution in [3.8, 4) is 0 Å². The Morgan fingerprint density at radius 2 is 1.96 bits per heavy atom. The molecule has 1 saturated carbocycles. The van der Waals surface area contributed by atoms with Crippen molar-refractivity contribution in [2.24, 2.45) is 5.92 Å². The molecule has 1 atom stereocenters. The molecular weight excluding hydrogens is 308 g/mol. The Hall–Kier alpha value is -1.59. The topological polar surface area (TPSA) is 75.7 Å². The highest BCUT2D eigenvalue weighted by Crippen LogP contribution is 2.28. The molecular formula is C18H30N2O4. The van der Waals surface area contributed by atoms with Crippen LogP contribution in [0.25, 0.3) is 0 Å². The Kier molecular flexibility index (Phi) is 7.53. The second-order valence-corrected chi connectivity index (χ2v) is 6.88.